The summed E-state index contributed by atoms with van der Waals surface area (Å²) < 4.78 is 14.0. The zero-order chi connectivity index (χ0) is 16.0. The Labute approximate surface area is 135 Å². The Bertz CT molecular complexity index is 601. The van der Waals surface area contributed by atoms with Gasteiger partial charge in [-0.15, -0.1) is 0 Å². The molecule has 0 spiro atoms. The van der Waals surface area contributed by atoms with Crippen LogP contribution in [-0.2, 0) is 10.4 Å². The van der Waals surface area contributed by atoms with Crippen LogP contribution >= 0.6 is 0 Å². The van der Waals surface area contributed by atoms with Crippen molar-refractivity contribution in [3.05, 3.63) is 29.8 Å². The van der Waals surface area contributed by atoms with E-state index in [1.165, 1.54) is 6.20 Å². The molecule has 0 aromatic carbocycles. The van der Waals surface area contributed by atoms with Crippen LogP contribution in [0.25, 0.3) is 0 Å². The van der Waals surface area contributed by atoms with Crippen molar-refractivity contribution >= 4 is 5.91 Å². The fourth-order valence-corrected chi connectivity index (χ4v) is 4.92. The maximum Gasteiger partial charge on any atom is 0.226 e. The summed E-state index contributed by atoms with van der Waals surface area (Å²) in [5.41, 5.74) is -0.916. The van der Waals surface area contributed by atoms with Crippen molar-refractivity contribution in [2.75, 3.05) is 0 Å². The minimum Gasteiger partial charge on any atom is -0.385 e. The highest BCUT2D eigenvalue weighted by Gasteiger charge is 2.51. The highest BCUT2D eigenvalue weighted by molar-refractivity contribution is 5.80. The average molecular weight is 318 g/mol. The van der Waals surface area contributed by atoms with E-state index in [4.69, 9.17) is 0 Å². The van der Waals surface area contributed by atoms with E-state index in [1.807, 2.05) is 4.90 Å². The number of amides is 1. The molecular weight excluding hydrogens is 295 g/mol. The van der Waals surface area contributed by atoms with Gasteiger partial charge >= 0.3 is 0 Å². The smallest absolute Gasteiger partial charge is 0.226 e. The Hall–Kier alpha value is -1.49. The van der Waals surface area contributed by atoms with Crippen LogP contribution in [0.4, 0.5) is 4.39 Å². The molecule has 5 heteroatoms. The second-order valence-electron chi connectivity index (χ2n) is 7.39. The topological polar surface area (TPSA) is 53.4 Å². The Morgan fingerprint density at radius 1 is 1.22 bits per heavy atom. The van der Waals surface area contributed by atoms with E-state index in [0.29, 0.717) is 12.8 Å². The summed E-state index contributed by atoms with van der Waals surface area (Å²) in [6, 6.07) is 3.35. The predicted molar refractivity (Wildman–Crippen MR) is 82.9 cm³/mol. The SMILES string of the molecule is O=C(C1CCCC1)N1C2CCC1CC(O)(c1cccnc1F)C2. The molecule has 23 heavy (non-hydrogen) atoms. The maximum absolute atomic E-state index is 14.0. The van der Waals surface area contributed by atoms with Gasteiger partial charge in [0.25, 0.3) is 0 Å². The van der Waals surface area contributed by atoms with Crippen LogP contribution in [0.2, 0.25) is 0 Å². The fraction of sp³-hybridized carbons (Fsp3) is 0.667. The minimum absolute atomic E-state index is 0.0338. The van der Waals surface area contributed by atoms with E-state index >= 15 is 0 Å². The molecular formula is C18H23FN2O2. The lowest BCUT2D eigenvalue weighted by Crippen LogP contribution is -2.53. The fourth-order valence-electron chi connectivity index (χ4n) is 4.92. The second-order valence-corrected chi connectivity index (χ2v) is 7.39. The molecule has 2 unspecified atom stereocenters. The van der Waals surface area contributed by atoms with Crippen LogP contribution in [0.15, 0.2) is 18.3 Å². The van der Waals surface area contributed by atoms with Gasteiger partial charge in [-0.05, 0) is 31.7 Å². The van der Waals surface area contributed by atoms with E-state index in [9.17, 15) is 14.3 Å². The van der Waals surface area contributed by atoms with Gasteiger partial charge in [0.2, 0.25) is 11.9 Å². The van der Waals surface area contributed by atoms with Gasteiger partial charge in [0, 0.05) is 42.6 Å². The van der Waals surface area contributed by atoms with Crippen molar-refractivity contribution < 1.29 is 14.3 Å². The first kappa shape index (κ1) is 15.1. The van der Waals surface area contributed by atoms with Gasteiger partial charge < -0.3 is 10.0 Å². The van der Waals surface area contributed by atoms with Gasteiger partial charge in [-0.2, -0.15) is 4.39 Å². The molecule has 1 amide bonds. The van der Waals surface area contributed by atoms with Gasteiger partial charge in [-0.25, -0.2) is 4.98 Å². The van der Waals surface area contributed by atoms with E-state index < -0.39 is 11.5 Å². The van der Waals surface area contributed by atoms with Crippen LogP contribution in [0.1, 0.15) is 56.9 Å². The molecule has 3 heterocycles. The van der Waals surface area contributed by atoms with Gasteiger partial charge in [-0.3, -0.25) is 4.79 Å². The zero-order valence-electron chi connectivity index (χ0n) is 13.2. The number of halogens is 1. The van der Waals surface area contributed by atoms with Crippen LogP contribution in [-0.4, -0.2) is 33.0 Å². The van der Waals surface area contributed by atoms with Crippen LogP contribution in [0.5, 0.6) is 0 Å². The van der Waals surface area contributed by atoms with Crippen molar-refractivity contribution in [2.45, 2.75) is 69.1 Å². The van der Waals surface area contributed by atoms with Crippen LogP contribution in [0.3, 0.4) is 0 Å². The van der Waals surface area contributed by atoms with Crippen molar-refractivity contribution in [1.82, 2.24) is 9.88 Å². The minimum atomic E-state index is -1.20. The van der Waals surface area contributed by atoms with E-state index in [0.717, 1.165) is 38.5 Å². The van der Waals surface area contributed by atoms with Crippen molar-refractivity contribution in [3.63, 3.8) is 0 Å². The normalized spacial score (nSPS) is 34.1. The van der Waals surface area contributed by atoms with Gasteiger partial charge in [0.1, 0.15) is 0 Å². The summed E-state index contributed by atoms with van der Waals surface area (Å²) in [6.45, 7) is 0. The summed E-state index contributed by atoms with van der Waals surface area (Å²) in [5.74, 6) is -0.159. The van der Waals surface area contributed by atoms with E-state index in [1.54, 1.807) is 12.1 Å². The largest absolute Gasteiger partial charge is 0.385 e. The number of rotatable bonds is 2. The molecule has 1 N–H and O–H groups in total. The molecule has 2 saturated heterocycles. The molecule has 2 aliphatic heterocycles. The first-order valence-corrected chi connectivity index (χ1v) is 8.74. The average Bonchev–Trinajstić information content (AvgIpc) is 3.15. The molecule has 0 radical (unpaired) electrons. The summed E-state index contributed by atoms with van der Waals surface area (Å²) in [7, 11) is 0. The number of nitrogens with zero attached hydrogens (tertiary/aromatic N) is 2. The molecule has 4 nitrogen and oxygen atoms in total. The first-order chi connectivity index (χ1) is 11.1. The highest BCUT2D eigenvalue weighted by Crippen LogP contribution is 2.47. The van der Waals surface area contributed by atoms with Crippen molar-refractivity contribution in [1.29, 1.82) is 0 Å². The third-order valence-electron chi connectivity index (χ3n) is 5.99. The Balaban J connectivity index is 1.58. The number of aliphatic hydroxyl groups is 1. The molecule has 124 valence electrons. The second kappa shape index (κ2) is 5.55. The Kier molecular flexibility index (Phi) is 3.63. The zero-order valence-corrected chi connectivity index (χ0v) is 13.2. The number of aromatic nitrogens is 1. The lowest BCUT2D eigenvalue weighted by molar-refractivity contribution is -0.146. The lowest BCUT2D eigenvalue weighted by atomic mass is 9.80. The number of pyridine rings is 1. The van der Waals surface area contributed by atoms with Gasteiger partial charge in [0.15, 0.2) is 0 Å². The summed E-state index contributed by atoms with van der Waals surface area (Å²) in [4.78, 5) is 18.5. The monoisotopic (exact) mass is 318 g/mol. The molecule has 1 aromatic rings. The third kappa shape index (κ3) is 2.45. The standard InChI is InChI=1S/C18H23FN2O2/c19-16-15(6-3-9-20-16)18(23)10-13-7-8-14(11-18)21(13)17(22)12-4-1-2-5-12/h3,6,9,12-14,23H,1-2,4-5,7-8,10-11H2. The molecule has 3 aliphatic rings. The quantitative estimate of drug-likeness (QED) is 0.853. The van der Waals surface area contributed by atoms with Crippen LogP contribution in [0, 0.1) is 11.9 Å². The van der Waals surface area contributed by atoms with Crippen molar-refractivity contribution in [3.8, 4) is 0 Å². The Morgan fingerprint density at radius 3 is 2.48 bits per heavy atom. The maximum atomic E-state index is 14.0. The Morgan fingerprint density at radius 2 is 1.87 bits per heavy atom. The highest BCUT2D eigenvalue weighted by atomic mass is 19.1. The number of hydrogen-bond donors (Lipinski definition) is 1. The number of carbonyl (C=O) groups is 1. The molecule has 4 rings (SSSR count). The van der Waals surface area contributed by atoms with Gasteiger partial charge in [0.05, 0.1) is 5.60 Å². The van der Waals surface area contributed by atoms with Crippen LogP contribution < -0.4 is 0 Å². The summed E-state index contributed by atoms with van der Waals surface area (Å²) in [5, 5.41) is 11.1. The summed E-state index contributed by atoms with van der Waals surface area (Å²) >= 11 is 0. The molecule has 1 aromatic heterocycles. The van der Waals surface area contributed by atoms with Gasteiger partial charge in [-0.1, -0.05) is 18.9 Å². The number of fused-ring (bicyclic) bond motifs is 2. The molecule has 2 atom stereocenters. The van der Waals surface area contributed by atoms with Crippen molar-refractivity contribution in [2.24, 2.45) is 5.92 Å². The third-order valence-corrected chi connectivity index (χ3v) is 5.99. The molecule has 3 fully saturated rings. The number of piperidine rings is 1. The summed E-state index contributed by atoms with van der Waals surface area (Å²) in [6.07, 6.45) is 8.34. The predicted octanol–water partition coefficient (Wildman–Crippen LogP) is 2.75. The first-order valence-electron chi connectivity index (χ1n) is 8.74. The lowest BCUT2D eigenvalue weighted by Gasteiger charge is -2.44. The molecule has 1 saturated carbocycles. The number of carbonyl (C=O) groups excluding carboxylic acids is 1. The molecule has 1 aliphatic carbocycles. The van der Waals surface area contributed by atoms with E-state index in [-0.39, 0.29) is 29.5 Å². The number of hydrogen-bond acceptors (Lipinski definition) is 3. The molecule has 2 bridgehead atoms. The van der Waals surface area contributed by atoms with E-state index in [2.05, 4.69) is 4.98 Å².